The Hall–Kier alpha value is -4.05. The van der Waals surface area contributed by atoms with Crippen molar-refractivity contribution in [2.24, 2.45) is 0 Å². The molecule has 2 N–H and O–H groups in total. The molecule has 2 aromatic heterocycles. The van der Waals surface area contributed by atoms with Crippen LogP contribution >= 0.6 is 15.9 Å². The Bertz CT molecular complexity index is 1460. The summed E-state index contributed by atoms with van der Waals surface area (Å²) in [5, 5.41) is 6.96. The normalized spacial score (nSPS) is 10.3. The topological polar surface area (TPSA) is 120 Å². The average Bonchev–Trinajstić information content (AvgIpc) is 2.84. The van der Waals surface area contributed by atoms with Gasteiger partial charge in [0, 0.05) is 46.8 Å². The van der Waals surface area contributed by atoms with Crippen LogP contribution in [0.2, 0.25) is 0 Å². The summed E-state index contributed by atoms with van der Waals surface area (Å²) in [6.45, 7) is 7.71. The van der Waals surface area contributed by atoms with Crippen LogP contribution in [0.4, 0.5) is 11.6 Å². The lowest BCUT2D eigenvalue weighted by molar-refractivity contribution is -0.115. The summed E-state index contributed by atoms with van der Waals surface area (Å²) in [5.74, 6) is 1.90. The van der Waals surface area contributed by atoms with E-state index in [-0.39, 0.29) is 11.8 Å². The van der Waals surface area contributed by atoms with Crippen LogP contribution in [0.15, 0.2) is 53.0 Å². The van der Waals surface area contributed by atoms with E-state index in [1.807, 2.05) is 32.0 Å². The van der Waals surface area contributed by atoms with Gasteiger partial charge in [0.25, 0.3) is 0 Å². The molecule has 0 fully saturated rings. The van der Waals surface area contributed by atoms with Gasteiger partial charge >= 0.3 is 0 Å². The Labute approximate surface area is 222 Å². The van der Waals surface area contributed by atoms with Gasteiger partial charge in [-0.05, 0) is 50.2 Å². The highest BCUT2D eigenvalue weighted by atomic mass is 79.9. The minimum Gasteiger partial charge on any atom is -0.493 e. The molecular formula is C27H27BrN4O5. The van der Waals surface area contributed by atoms with E-state index < -0.39 is 0 Å². The molecule has 4 aromatic rings. The molecule has 0 spiro atoms. The molecule has 0 aliphatic rings. The first-order valence-corrected chi connectivity index (χ1v) is 12.3. The first kappa shape index (κ1) is 27.5. The number of benzene rings is 2. The highest BCUT2D eigenvalue weighted by Gasteiger charge is 2.10. The Kier molecular flexibility index (Phi) is 9.51. The fourth-order valence-electron chi connectivity index (χ4n) is 3.49. The number of hydrogen-bond donors (Lipinski definition) is 2. The van der Waals surface area contributed by atoms with Crippen molar-refractivity contribution >= 4 is 67.5 Å². The number of aromatic nitrogens is 2. The van der Waals surface area contributed by atoms with Gasteiger partial charge in [0.2, 0.25) is 11.8 Å². The molecule has 0 bridgehead atoms. The Morgan fingerprint density at radius 2 is 1.30 bits per heavy atom. The molecule has 0 radical (unpaired) electrons. The highest BCUT2D eigenvalue weighted by Crippen LogP contribution is 2.30. The summed E-state index contributed by atoms with van der Waals surface area (Å²) in [6, 6.07) is 14.3. The number of nitrogens with one attached hydrogen (secondary N) is 2. The fourth-order valence-corrected chi connectivity index (χ4v) is 3.85. The van der Waals surface area contributed by atoms with Crippen molar-refractivity contribution in [3.8, 4) is 11.5 Å². The van der Waals surface area contributed by atoms with Crippen LogP contribution in [0.25, 0.3) is 21.8 Å². The lowest BCUT2D eigenvalue weighted by atomic mass is 10.1. The summed E-state index contributed by atoms with van der Waals surface area (Å²) in [5.41, 5.74) is 2.01. The molecule has 9 nitrogen and oxygen atoms in total. The standard InChI is InChI=1S/C14H14N2O3.C13H13BrN2O2/c1-3-19-13-7-14(15-9(2)18)16-12-5-4-10(8-17)6-11(12)13;1-3-18-12-7-13(15-8(2)17)16-11-5-4-9(14)6-10(11)12/h4-8H,3H2,1-2H3,(H,15,16,18);4-7H,3H2,1-2H3,(H,15,16,17). The lowest BCUT2D eigenvalue weighted by Gasteiger charge is -2.10. The second-order valence-electron chi connectivity index (χ2n) is 7.80. The number of halogens is 1. The van der Waals surface area contributed by atoms with Gasteiger partial charge in [0.1, 0.15) is 29.4 Å². The zero-order chi connectivity index (χ0) is 26.9. The molecule has 192 valence electrons. The van der Waals surface area contributed by atoms with Crippen molar-refractivity contribution in [1.82, 2.24) is 9.97 Å². The Morgan fingerprint density at radius 3 is 1.76 bits per heavy atom. The van der Waals surface area contributed by atoms with Crippen molar-refractivity contribution in [1.29, 1.82) is 0 Å². The molecule has 0 saturated heterocycles. The number of nitrogens with zero attached hydrogens (tertiary/aromatic N) is 2. The van der Waals surface area contributed by atoms with Crippen molar-refractivity contribution in [3.63, 3.8) is 0 Å². The predicted molar refractivity (Wildman–Crippen MR) is 148 cm³/mol. The monoisotopic (exact) mass is 566 g/mol. The number of hydrogen-bond acceptors (Lipinski definition) is 7. The minimum atomic E-state index is -0.196. The zero-order valence-electron chi connectivity index (χ0n) is 20.9. The molecule has 0 saturated carbocycles. The van der Waals surface area contributed by atoms with Gasteiger partial charge in [-0.3, -0.25) is 14.4 Å². The van der Waals surface area contributed by atoms with Crippen LogP contribution < -0.4 is 20.1 Å². The highest BCUT2D eigenvalue weighted by molar-refractivity contribution is 9.10. The molecule has 2 amide bonds. The molecule has 4 rings (SSSR count). The zero-order valence-corrected chi connectivity index (χ0v) is 22.5. The van der Waals surface area contributed by atoms with Crippen molar-refractivity contribution in [2.45, 2.75) is 27.7 Å². The van der Waals surface area contributed by atoms with Gasteiger partial charge in [-0.2, -0.15) is 0 Å². The smallest absolute Gasteiger partial charge is 0.222 e. The summed E-state index contributed by atoms with van der Waals surface area (Å²) in [6.07, 6.45) is 0.775. The second-order valence-corrected chi connectivity index (χ2v) is 8.71. The van der Waals surface area contributed by atoms with E-state index in [2.05, 4.69) is 36.5 Å². The molecule has 37 heavy (non-hydrogen) atoms. The first-order valence-electron chi connectivity index (χ1n) is 11.5. The molecular weight excluding hydrogens is 540 g/mol. The fraction of sp³-hybridized carbons (Fsp3) is 0.222. The van der Waals surface area contributed by atoms with E-state index in [1.54, 1.807) is 30.3 Å². The number of rotatable bonds is 7. The molecule has 0 aliphatic heterocycles. The summed E-state index contributed by atoms with van der Waals surface area (Å²) in [4.78, 5) is 41.6. The van der Waals surface area contributed by atoms with Gasteiger partial charge in [-0.15, -0.1) is 0 Å². The van der Waals surface area contributed by atoms with Gasteiger partial charge in [-0.25, -0.2) is 9.97 Å². The van der Waals surface area contributed by atoms with Crippen LogP contribution in [0.3, 0.4) is 0 Å². The first-order chi connectivity index (χ1) is 17.7. The van der Waals surface area contributed by atoms with Gasteiger partial charge in [0.05, 0.1) is 24.2 Å². The number of pyridine rings is 2. The Morgan fingerprint density at radius 1 is 0.811 bits per heavy atom. The molecule has 0 unspecified atom stereocenters. The van der Waals surface area contributed by atoms with E-state index in [4.69, 9.17) is 9.47 Å². The van der Waals surface area contributed by atoms with Crippen molar-refractivity contribution < 1.29 is 23.9 Å². The van der Waals surface area contributed by atoms with Crippen molar-refractivity contribution in [2.75, 3.05) is 23.8 Å². The number of fused-ring (bicyclic) bond motifs is 2. The number of anilines is 2. The number of amides is 2. The Balaban J connectivity index is 0.000000206. The number of carbonyl (C=O) groups excluding carboxylic acids is 3. The van der Waals surface area contributed by atoms with Crippen LogP contribution in [0.5, 0.6) is 11.5 Å². The number of carbonyl (C=O) groups is 3. The molecule has 10 heteroatoms. The SMILES string of the molecule is CCOc1cc(NC(C)=O)nc2ccc(Br)cc12.CCOc1cc(NC(C)=O)nc2ccc(C=O)cc12. The third kappa shape index (κ3) is 7.47. The maximum absolute atomic E-state index is 11.1. The van der Waals surface area contributed by atoms with Gasteiger partial charge in [-0.1, -0.05) is 15.9 Å². The second kappa shape index (κ2) is 12.8. The summed E-state index contributed by atoms with van der Waals surface area (Å²) >= 11 is 3.42. The van der Waals surface area contributed by atoms with E-state index in [1.165, 1.54) is 13.8 Å². The number of aldehydes is 1. The summed E-state index contributed by atoms with van der Waals surface area (Å²) < 4.78 is 12.1. The third-order valence-corrected chi connectivity index (χ3v) is 5.36. The molecule has 0 atom stereocenters. The van der Waals surface area contributed by atoms with Crippen molar-refractivity contribution in [3.05, 3.63) is 58.6 Å². The van der Waals surface area contributed by atoms with E-state index in [0.29, 0.717) is 47.4 Å². The minimum absolute atomic E-state index is 0.151. The third-order valence-electron chi connectivity index (χ3n) is 4.87. The van der Waals surface area contributed by atoms with E-state index in [0.717, 1.165) is 27.0 Å². The van der Waals surface area contributed by atoms with E-state index in [9.17, 15) is 14.4 Å². The largest absolute Gasteiger partial charge is 0.493 e. The maximum Gasteiger partial charge on any atom is 0.222 e. The molecule has 2 heterocycles. The van der Waals surface area contributed by atoms with Crippen LogP contribution in [-0.4, -0.2) is 41.3 Å². The molecule has 2 aromatic carbocycles. The lowest BCUT2D eigenvalue weighted by Crippen LogP contribution is -2.08. The van der Waals surface area contributed by atoms with Gasteiger partial charge < -0.3 is 20.1 Å². The summed E-state index contributed by atoms with van der Waals surface area (Å²) in [7, 11) is 0. The van der Waals surface area contributed by atoms with E-state index >= 15 is 0 Å². The predicted octanol–water partition coefficient (Wildman–Crippen LogP) is 5.76. The van der Waals surface area contributed by atoms with Crippen LogP contribution in [0.1, 0.15) is 38.1 Å². The number of ether oxygens (including phenoxy) is 2. The molecule has 0 aliphatic carbocycles. The van der Waals surface area contributed by atoms with Crippen LogP contribution in [0, 0.1) is 0 Å². The van der Waals surface area contributed by atoms with Gasteiger partial charge in [0.15, 0.2) is 0 Å². The van der Waals surface area contributed by atoms with Crippen LogP contribution in [-0.2, 0) is 9.59 Å². The quantitative estimate of drug-likeness (QED) is 0.273. The maximum atomic E-state index is 11.1. The average molecular weight is 567 g/mol.